The second kappa shape index (κ2) is 8.84. The third-order valence-corrected chi connectivity index (χ3v) is 5.18. The molecule has 2 aromatic heterocycles. The standard InChI is InChI=1S/C24H20F2N4O2/c25-17-5-1-15(2-6-17)13-27-24-29-21-10-9-20(16-3-7-18(26)8-4-16)28-22(21)23(30-24)32-19-11-12-31-14-19/h1-10,19H,11-14H2,(H,27,29,30)/t19-/m0/s1. The Hall–Kier alpha value is -3.65. The van der Waals surface area contributed by atoms with E-state index in [-0.39, 0.29) is 17.7 Å². The number of pyridine rings is 1. The predicted molar refractivity (Wildman–Crippen MR) is 116 cm³/mol. The SMILES string of the molecule is Fc1ccc(CNc2nc(O[C@H]3CCOC3)c3nc(-c4ccc(F)cc4)ccc3n2)cc1. The van der Waals surface area contributed by atoms with Crippen LogP contribution >= 0.6 is 0 Å². The molecule has 32 heavy (non-hydrogen) atoms. The van der Waals surface area contributed by atoms with Gasteiger partial charge in [0, 0.05) is 18.5 Å². The largest absolute Gasteiger partial charge is 0.470 e. The van der Waals surface area contributed by atoms with Gasteiger partial charge in [-0.3, -0.25) is 0 Å². The lowest BCUT2D eigenvalue weighted by molar-refractivity contribution is 0.139. The Labute approximate surface area is 183 Å². The van der Waals surface area contributed by atoms with Crippen molar-refractivity contribution in [2.75, 3.05) is 18.5 Å². The van der Waals surface area contributed by atoms with E-state index in [9.17, 15) is 8.78 Å². The van der Waals surface area contributed by atoms with Crippen molar-refractivity contribution < 1.29 is 18.3 Å². The molecule has 1 N–H and O–H groups in total. The first kappa shape index (κ1) is 20.3. The highest BCUT2D eigenvalue weighted by molar-refractivity contribution is 5.83. The van der Waals surface area contributed by atoms with Gasteiger partial charge >= 0.3 is 0 Å². The Bertz CT molecular complexity index is 1230. The van der Waals surface area contributed by atoms with Crippen molar-refractivity contribution in [3.63, 3.8) is 0 Å². The van der Waals surface area contributed by atoms with E-state index in [1.807, 2.05) is 12.1 Å². The minimum atomic E-state index is -0.306. The number of halogens is 2. The van der Waals surface area contributed by atoms with Crippen LogP contribution in [0, 0.1) is 11.6 Å². The lowest BCUT2D eigenvalue weighted by atomic mass is 10.1. The molecule has 0 saturated carbocycles. The summed E-state index contributed by atoms with van der Waals surface area (Å²) in [6.07, 6.45) is 0.649. The molecule has 0 bridgehead atoms. The van der Waals surface area contributed by atoms with Crippen LogP contribution in [-0.2, 0) is 11.3 Å². The molecule has 162 valence electrons. The molecular formula is C24H20F2N4O2. The Kier molecular flexibility index (Phi) is 5.60. The van der Waals surface area contributed by atoms with Crippen LogP contribution < -0.4 is 10.1 Å². The molecule has 8 heteroatoms. The summed E-state index contributed by atoms with van der Waals surface area (Å²) >= 11 is 0. The van der Waals surface area contributed by atoms with Gasteiger partial charge in [0.25, 0.3) is 0 Å². The van der Waals surface area contributed by atoms with Crippen LogP contribution in [0.4, 0.5) is 14.7 Å². The van der Waals surface area contributed by atoms with E-state index < -0.39 is 0 Å². The second-order valence-corrected chi connectivity index (χ2v) is 7.51. The molecule has 0 amide bonds. The van der Waals surface area contributed by atoms with Gasteiger partial charge in [0.2, 0.25) is 11.8 Å². The highest BCUT2D eigenvalue weighted by Gasteiger charge is 2.21. The van der Waals surface area contributed by atoms with Crippen LogP contribution in [0.25, 0.3) is 22.3 Å². The average Bonchev–Trinajstić information content (AvgIpc) is 3.32. The molecule has 1 aliphatic heterocycles. The van der Waals surface area contributed by atoms with Gasteiger partial charge in [-0.2, -0.15) is 4.98 Å². The lowest BCUT2D eigenvalue weighted by Gasteiger charge is -2.15. The average molecular weight is 434 g/mol. The first-order chi connectivity index (χ1) is 15.6. The molecule has 1 saturated heterocycles. The number of aromatic nitrogens is 3. The molecule has 2 aromatic carbocycles. The van der Waals surface area contributed by atoms with Gasteiger partial charge in [-0.05, 0) is 54.1 Å². The summed E-state index contributed by atoms with van der Waals surface area (Å²) in [5.41, 5.74) is 3.47. The smallest absolute Gasteiger partial charge is 0.245 e. The molecule has 0 unspecified atom stereocenters. The Morgan fingerprint density at radius 1 is 0.906 bits per heavy atom. The maximum Gasteiger partial charge on any atom is 0.245 e. The van der Waals surface area contributed by atoms with Crippen molar-refractivity contribution in [3.8, 4) is 17.1 Å². The van der Waals surface area contributed by atoms with Gasteiger partial charge in [0.15, 0.2) is 5.52 Å². The van der Waals surface area contributed by atoms with Crippen LogP contribution in [0.5, 0.6) is 5.88 Å². The molecule has 5 rings (SSSR count). The molecule has 0 radical (unpaired) electrons. The van der Waals surface area contributed by atoms with Crippen molar-refractivity contribution in [1.29, 1.82) is 0 Å². The first-order valence-electron chi connectivity index (χ1n) is 10.3. The summed E-state index contributed by atoms with van der Waals surface area (Å²) in [6, 6.07) is 16.0. The molecule has 0 spiro atoms. The van der Waals surface area contributed by atoms with Gasteiger partial charge in [0.1, 0.15) is 17.7 Å². The summed E-state index contributed by atoms with van der Waals surface area (Å²) in [5, 5.41) is 3.17. The summed E-state index contributed by atoms with van der Waals surface area (Å²) in [6.45, 7) is 1.55. The van der Waals surface area contributed by atoms with Gasteiger partial charge < -0.3 is 14.8 Å². The number of rotatable bonds is 6. The number of nitrogens with one attached hydrogen (secondary N) is 1. The monoisotopic (exact) mass is 434 g/mol. The first-order valence-corrected chi connectivity index (χ1v) is 10.3. The van der Waals surface area contributed by atoms with Gasteiger partial charge in [-0.1, -0.05) is 12.1 Å². The molecule has 1 aliphatic rings. The van der Waals surface area contributed by atoms with Gasteiger partial charge in [0.05, 0.1) is 24.4 Å². The topological polar surface area (TPSA) is 69.2 Å². The number of hydrogen-bond acceptors (Lipinski definition) is 6. The third-order valence-electron chi connectivity index (χ3n) is 5.18. The van der Waals surface area contributed by atoms with E-state index in [0.717, 1.165) is 17.5 Å². The van der Waals surface area contributed by atoms with Crippen molar-refractivity contribution in [3.05, 3.63) is 77.9 Å². The molecular weight excluding hydrogens is 414 g/mol. The highest BCUT2D eigenvalue weighted by Crippen LogP contribution is 2.28. The highest BCUT2D eigenvalue weighted by atomic mass is 19.1. The summed E-state index contributed by atoms with van der Waals surface area (Å²) in [5.74, 6) is 0.149. The van der Waals surface area contributed by atoms with E-state index in [1.54, 1.807) is 24.3 Å². The number of ether oxygens (including phenoxy) is 2. The van der Waals surface area contributed by atoms with E-state index >= 15 is 0 Å². The summed E-state index contributed by atoms with van der Waals surface area (Å²) in [7, 11) is 0. The van der Waals surface area contributed by atoms with E-state index in [1.165, 1.54) is 24.3 Å². The summed E-state index contributed by atoms with van der Waals surface area (Å²) < 4.78 is 38.0. The van der Waals surface area contributed by atoms with Crippen LogP contribution in [0.1, 0.15) is 12.0 Å². The fourth-order valence-electron chi connectivity index (χ4n) is 3.48. The maximum atomic E-state index is 13.3. The van der Waals surface area contributed by atoms with Gasteiger partial charge in [-0.25, -0.2) is 18.7 Å². The predicted octanol–water partition coefficient (Wildman–Crippen LogP) is 4.75. The fraction of sp³-hybridized carbons (Fsp3) is 0.208. The molecule has 3 heterocycles. The molecule has 6 nitrogen and oxygen atoms in total. The van der Waals surface area contributed by atoms with Crippen LogP contribution in [0.2, 0.25) is 0 Å². The summed E-state index contributed by atoms with van der Waals surface area (Å²) in [4.78, 5) is 13.8. The zero-order chi connectivity index (χ0) is 21.9. The maximum absolute atomic E-state index is 13.3. The fourth-order valence-corrected chi connectivity index (χ4v) is 3.48. The van der Waals surface area contributed by atoms with E-state index in [0.29, 0.717) is 48.3 Å². The van der Waals surface area contributed by atoms with Crippen molar-refractivity contribution >= 4 is 17.0 Å². The zero-order valence-corrected chi connectivity index (χ0v) is 17.1. The number of anilines is 1. The van der Waals surface area contributed by atoms with Crippen LogP contribution in [-0.4, -0.2) is 34.3 Å². The molecule has 0 aliphatic carbocycles. The van der Waals surface area contributed by atoms with Crippen molar-refractivity contribution in [1.82, 2.24) is 15.0 Å². The lowest BCUT2D eigenvalue weighted by Crippen LogP contribution is -2.17. The Morgan fingerprint density at radius 2 is 1.66 bits per heavy atom. The van der Waals surface area contributed by atoms with Crippen molar-refractivity contribution in [2.24, 2.45) is 0 Å². The normalized spacial score (nSPS) is 15.8. The minimum absolute atomic E-state index is 0.116. The van der Waals surface area contributed by atoms with E-state index in [2.05, 4.69) is 15.3 Å². The quantitative estimate of drug-likeness (QED) is 0.472. The molecule has 1 fully saturated rings. The Balaban J connectivity index is 1.49. The minimum Gasteiger partial charge on any atom is -0.470 e. The van der Waals surface area contributed by atoms with Crippen molar-refractivity contribution in [2.45, 2.75) is 19.1 Å². The van der Waals surface area contributed by atoms with Crippen LogP contribution in [0.3, 0.4) is 0 Å². The zero-order valence-electron chi connectivity index (χ0n) is 17.1. The van der Waals surface area contributed by atoms with E-state index in [4.69, 9.17) is 14.5 Å². The number of nitrogens with zero attached hydrogens (tertiary/aromatic N) is 3. The Morgan fingerprint density at radius 3 is 2.38 bits per heavy atom. The number of fused-ring (bicyclic) bond motifs is 1. The van der Waals surface area contributed by atoms with Crippen LogP contribution in [0.15, 0.2) is 60.7 Å². The molecule has 1 atom stereocenters. The number of hydrogen-bond donors (Lipinski definition) is 1. The number of benzene rings is 2. The second-order valence-electron chi connectivity index (χ2n) is 7.51. The third kappa shape index (κ3) is 4.50. The van der Waals surface area contributed by atoms with Gasteiger partial charge in [-0.15, -0.1) is 0 Å². The molecule has 4 aromatic rings.